The molecule has 1 rings (SSSR count). The first-order chi connectivity index (χ1) is 5.82. The van der Waals surface area contributed by atoms with Crippen LogP contribution in [0.5, 0.6) is 0 Å². The van der Waals surface area contributed by atoms with Gasteiger partial charge in [-0.15, -0.1) is 0 Å². The highest BCUT2D eigenvalue weighted by atomic mass is 35.5. The number of sulfonamides is 1. The fourth-order valence-corrected chi connectivity index (χ4v) is 2.16. The smallest absolute Gasteiger partial charge is 0.242 e. The lowest BCUT2D eigenvalue weighted by molar-refractivity contribution is 0.596. The van der Waals surface area contributed by atoms with Gasteiger partial charge < -0.3 is 5.73 Å². The van der Waals surface area contributed by atoms with Crippen molar-refractivity contribution < 1.29 is 8.42 Å². The lowest BCUT2D eigenvalue weighted by Crippen LogP contribution is -2.16. The van der Waals surface area contributed by atoms with Gasteiger partial charge in [0.1, 0.15) is 4.90 Å². The van der Waals surface area contributed by atoms with Crippen molar-refractivity contribution in [1.82, 2.24) is 9.97 Å². The Balaban J connectivity index is 3.57. The third kappa shape index (κ3) is 2.06. The summed E-state index contributed by atoms with van der Waals surface area (Å²) in [5, 5.41) is 4.62. The first kappa shape index (κ1) is 10.2. The zero-order chi connectivity index (χ0) is 10.2. The van der Waals surface area contributed by atoms with Crippen LogP contribution in [0.4, 0.5) is 5.95 Å². The van der Waals surface area contributed by atoms with Crippen molar-refractivity contribution >= 4 is 27.6 Å². The summed E-state index contributed by atoms with van der Waals surface area (Å²) in [5.41, 5.74) is 5.37. The Hall–Kier alpha value is -0.920. The molecule has 0 aliphatic carbocycles. The molecular weight excluding hydrogens is 216 g/mol. The maximum absolute atomic E-state index is 11.0. The van der Waals surface area contributed by atoms with Crippen LogP contribution < -0.4 is 10.9 Å². The fraction of sp³-hybridized carbons (Fsp3) is 0.200. The molecule has 13 heavy (non-hydrogen) atoms. The van der Waals surface area contributed by atoms with Gasteiger partial charge in [-0.1, -0.05) is 11.6 Å². The molecule has 0 aliphatic rings. The summed E-state index contributed by atoms with van der Waals surface area (Å²) >= 11 is 5.53. The molecule has 72 valence electrons. The molecule has 1 aromatic heterocycles. The van der Waals surface area contributed by atoms with Crippen molar-refractivity contribution in [2.24, 2.45) is 5.14 Å². The summed E-state index contributed by atoms with van der Waals surface area (Å²) in [6.07, 6.45) is 0. The molecule has 0 atom stereocenters. The Morgan fingerprint density at radius 2 is 1.92 bits per heavy atom. The first-order valence-electron chi connectivity index (χ1n) is 3.15. The summed E-state index contributed by atoms with van der Waals surface area (Å²) in [6.45, 7) is 1.43. The molecule has 4 N–H and O–H groups in total. The van der Waals surface area contributed by atoms with E-state index in [9.17, 15) is 8.42 Å². The molecule has 0 saturated heterocycles. The number of halogens is 1. The molecule has 0 aliphatic heterocycles. The zero-order valence-electron chi connectivity index (χ0n) is 6.65. The normalized spacial score (nSPS) is 11.6. The predicted molar refractivity (Wildman–Crippen MR) is 47.6 cm³/mol. The summed E-state index contributed by atoms with van der Waals surface area (Å²) < 4.78 is 21.9. The van der Waals surface area contributed by atoms with Crippen LogP contribution in [0.1, 0.15) is 5.69 Å². The molecule has 0 amide bonds. The molecule has 0 spiro atoms. The van der Waals surface area contributed by atoms with E-state index >= 15 is 0 Å². The average Bonchev–Trinajstić information content (AvgIpc) is 1.78. The number of aromatic nitrogens is 2. The molecule has 8 heteroatoms. The Kier molecular flexibility index (Phi) is 2.42. The Labute approximate surface area is 80.0 Å². The van der Waals surface area contributed by atoms with Gasteiger partial charge in [-0.3, -0.25) is 0 Å². The minimum absolute atomic E-state index is 0.0881. The summed E-state index contributed by atoms with van der Waals surface area (Å²) in [4.78, 5) is 6.81. The average molecular weight is 223 g/mol. The number of nitrogens with two attached hydrogens (primary N) is 2. The monoisotopic (exact) mass is 222 g/mol. The lowest BCUT2D eigenvalue weighted by atomic mass is 10.4. The largest absolute Gasteiger partial charge is 0.368 e. The minimum Gasteiger partial charge on any atom is -0.368 e. The number of nitrogen functional groups attached to an aromatic ring is 1. The van der Waals surface area contributed by atoms with Crippen molar-refractivity contribution in [1.29, 1.82) is 0 Å². The van der Waals surface area contributed by atoms with E-state index < -0.39 is 10.0 Å². The van der Waals surface area contributed by atoms with Crippen LogP contribution in [-0.2, 0) is 10.0 Å². The van der Waals surface area contributed by atoms with Crippen LogP contribution in [0, 0.1) is 6.92 Å². The zero-order valence-corrected chi connectivity index (χ0v) is 8.22. The van der Waals surface area contributed by atoms with E-state index in [1.165, 1.54) is 6.92 Å². The molecule has 0 fully saturated rings. The summed E-state index contributed by atoms with van der Waals surface area (Å²) in [6, 6.07) is 0. The van der Waals surface area contributed by atoms with E-state index in [1.807, 2.05) is 0 Å². The van der Waals surface area contributed by atoms with E-state index in [2.05, 4.69) is 9.97 Å². The highest BCUT2D eigenvalue weighted by molar-refractivity contribution is 7.89. The number of hydrogen-bond donors (Lipinski definition) is 2. The van der Waals surface area contributed by atoms with Crippen molar-refractivity contribution in [2.75, 3.05) is 5.73 Å². The van der Waals surface area contributed by atoms with Crippen LogP contribution in [0.3, 0.4) is 0 Å². The second-order valence-corrected chi connectivity index (χ2v) is 4.19. The third-order valence-corrected chi connectivity index (χ3v) is 2.74. The van der Waals surface area contributed by atoms with E-state index in [-0.39, 0.29) is 21.7 Å². The number of rotatable bonds is 1. The van der Waals surface area contributed by atoms with E-state index in [0.29, 0.717) is 0 Å². The van der Waals surface area contributed by atoms with Crippen molar-refractivity contribution in [3.05, 3.63) is 10.8 Å². The Morgan fingerprint density at radius 3 is 2.31 bits per heavy atom. The highest BCUT2D eigenvalue weighted by Gasteiger charge is 2.18. The van der Waals surface area contributed by atoms with E-state index in [0.717, 1.165) is 0 Å². The topological polar surface area (TPSA) is 112 Å². The van der Waals surface area contributed by atoms with E-state index in [4.69, 9.17) is 22.5 Å². The highest BCUT2D eigenvalue weighted by Crippen LogP contribution is 2.20. The van der Waals surface area contributed by atoms with Gasteiger partial charge in [0.05, 0.1) is 5.69 Å². The van der Waals surface area contributed by atoms with Crippen molar-refractivity contribution in [3.63, 3.8) is 0 Å². The SMILES string of the molecule is Cc1nc(N)nc(Cl)c1S(N)(=O)=O. The van der Waals surface area contributed by atoms with Crippen LogP contribution in [-0.4, -0.2) is 18.4 Å². The van der Waals surface area contributed by atoms with Gasteiger partial charge in [0, 0.05) is 0 Å². The molecule has 0 unspecified atom stereocenters. The molecule has 1 heterocycles. The molecule has 6 nitrogen and oxygen atoms in total. The number of anilines is 1. The predicted octanol–water partition coefficient (Wildman–Crippen LogP) is -0.332. The van der Waals surface area contributed by atoms with Crippen LogP contribution in [0.2, 0.25) is 5.15 Å². The van der Waals surface area contributed by atoms with Gasteiger partial charge in [0.2, 0.25) is 16.0 Å². The quantitative estimate of drug-likeness (QED) is 0.632. The van der Waals surface area contributed by atoms with Crippen molar-refractivity contribution in [2.45, 2.75) is 11.8 Å². The lowest BCUT2D eigenvalue weighted by Gasteiger charge is -2.04. The second kappa shape index (κ2) is 3.09. The number of hydrogen-bond acceptors (Lipinski definition) is 5. The van der Waals surface area contributed by atoms with Gasteiger partial charge in [-0.2, -0.15) is 4.98 Å². The number of nitrogens with zero attached hydrogens (tertiary/aromatic N) is 2. The van der Waals surface area contributed by atoms with Gasteiger partial charge in [-0.25, -0.2) is 18.5 Å². The molecule has 0 saturated carbocycles. The number of aryl methyl sites for hydroxylation is 1. The van der Waals surface area contributed by atoms with Crippen LogP contribution in [0.25, 0.3) is 0 Å². The molecular formula is C5H7ClN4O2S. The first-order valence-corrected chi connectivity index (χ1v) is 5.07. The van der Waals surface area contributed by atoms with Gasteiger partial charge in [-0.05, 0) is 6.92 Å². The summed E-state index contributed by atoms with van der Waals surface area (Å²) in [7, 11) is -3.89. The Bertz CT molecular complexity index is 421. The van der Waals surface area contributed by atoms with Crippen molar-refractivity contribution in [3.8, 4) is 0 Å². The number of primary sulfonamides is 1. The molecule has 1 aromatic rings. The maximum atomic E-state index is 11.0. The second-order valence-electron chi connectivity index (χ2n) is 2.33. The van der Waals surface area contributed by atoms with E-state index in [1.54, 1.807) is 0 Å². The van der Waals surface area contributed by atoms with Gasteiger partial charge in [0.15, 0.2) is 5.15 Å². The summed E-state index contributed by atoms with van der Waals surface area (Å²) in [5.74, 6) is -0.0881. The molecule has 0 bridgehead atoms. The Morgan fingerprint density at radius 1 is 1.38 bits per heavy atom. The third-order valence-electron chi connectivity index (χ3n) is 1.30. The fourth-order valence-electron chi connectivity index (χ4n) is 0.871. The maximum Gasteiger partial charge on any atom is 0.242 e. The molecule has 0 radical (unpaired) electrons. The van der Waals surface area contributed by atoms with Crippen LogP contribution >= 0.6 is 11.6 Å². The van der Waals surface area contributed by atoms with Crippen LogP contribution in [0.15, 0.2) is 4.90 Å². The standard InChI is InChI=1S/C5H7ClN4O2S/c1-2-3(13(8,11)12)4(6)10-5(7)9-2/h1H3,(H2,7,9,10)(H2,8,11,12). The minimum atomic E-state index is -3.89. The molecule has 0 aromatic carbocycles. The van der Waals surface area contributed by atoms with Gasteiger partial charge >= 0.3 is 0 Å². The van der Waals surface area contributed by atoms with Gasteiger partial charge in [0.25, 0.3) is 0 Å².